The monoisotopic (exact) mass is 370 g/mol. The van der Waals surface area contributed by atoms with Crippen LogP contribution >= 0.6 is 11.8 Å². The van der Waals surface area contributed by atoms with Crippen LogP contribution in [0.25, 0.3) is 11.3 Å². The van der Waals surface area contributed by atoms with Crippen molar-refractivity contribution in [3.05, 3.63) is 47.3 Å². The Morgan fingerprint density at radius 1 is 1.32 bits per heavy atom. The summed E-state index contributed by atoms with van der Waals surface area (Å²) in [6.07, 6.45) is -4.79. The summed E-state index contributed by atoms with van der Waals surface area (Å²) in [7, 11) is 1.14. The lowest BCUT2D eigenvalue weighted by molar-refractivity contribution is -0.138. The summed E-state index contributed by atoms with van der Waals surface area (Å²) >= 11 is 0.664. The molecule has 1 aromatic heterocycles. The molecule has 0 amide bonds. The summed E-state index contributed by atoms with van der Waals surface area (Å²) in [6, 6.07) is 6.94. The predicted molar refractivity (Wildman–Crippen MR) is 82.1 cm³/mol. The van der Waals surface area contributed by atoms with Crippen molar-refractivity contribution in [2.75, 3.05) is 12.9 Å². The van der Waals surface area contributed by atoms with Crippen LogP contribution in [0.3, 0.4) is 0 Å². The van der Waals surface area contributed by atoms with Gasteiger partial charge < -0.3 is 4.74 Å². The van der Waals surface area contributed by atoms with Crippen LogP contribution in [0.15, 0.2) is 35.4 Å². The van der Waals surface area contributed by atoms with E-state index in [-0.39, 0.29) is 22.0 Å². The minimum absolute atomic E-state index is 0.0845. The van der Waals surface area contributed by atoms with Gasteiger partial charge in [0.1, 0.15) is 16.9 Å². The van der Waals surface area contributed by atoms with E-state index < -0.39 is 29.1 Å². The maximum Gasteiger partial charge on any atom is 0.417 e. The molecular formula is C16H10F4N2O2S. The smallest absolute Gasteiger partial charge is 0.417 e. The van der Waals surface area contributed by atoms with Crippen LogP contribution in [0.1, 0.15) is 11.1 Å². The van der Waals surface area contributed by atoms with Gasteiger partial charge in [0.2, 0.25) is 0 Å². The summed E-state index contributed by atoms with van der Waals surface area (Å²) in [4.78, 5) is 15.3. The number of carbonyl (C=O) groups is 1. The second-order valence-corrected chi connectivity index (χ2v) is 5.68. The number of aromatic nitrogens is 1. The van der Waals surface area contributed by atoms with Gasteiger partial charge in [0.05, 0.1) is 29.7 Å². The Labute approximate surface area is 144 Å². The van der Waals surface area contributed by atoms with E-state index in [1.807, 2.05) is 0 Å². The maximum atomic E-state index is 13.3. The lowest BCUT2D eigenvalue weighted by Crippen LogP contribution is -2.11. The molecule has 0 aliphatic heterocycles. The third-order valence-electron chi connectivity index (χ3n) is 3.10. The minimum atomic E-state index is -4.79. The van der Waals surface area contributed by atoms with Gasteiger partial charge in [0, 0.05) is 5.56 Å². The number of benzene rings is 1. The number of carbonyl (C=O) groups excluding carboxylic acids is 1. The largest absolute Gasteiger partial charge is 0.468 e. The number of methoxy groups -OCH3 is 1. The van der Waals surface area contributed by atoms with E-state index in [9.17, 15) is 22.4 Å². The fourth-order valence-electron chi connectivity index (χ4n) is 1.91. The molecule has 130 valence electrons. The SMILES string of the molecule is COC(=O)CSc1nc(-c2ccc(F)cc2)cc(C(F)(F)F)c1C#N. The molecule has 2 rings (SSSR count). The summed E-state index contributed by atoms with van der Waals surface area (Å²) in [5, 5.41) is 8.87. The lowest BCUT2D eigenvalue weighted by atomic mass is 10.1. The van der Waals surface area contributed by atoms with Crippen molar-refractivity contribution >= 4 is 17.7 Å². The van der Waals surface area contributed by atoms with Crippen LogP contribution in [0.5, 0.6) is 0 Å². The Morgan fingerprint density at radius 3 is 2.48 bits per heavy atom. The van der Waals surface area contributed by atoms with Gasteiger partial charge in [-0.1, -0.05) is 11.8 Å². The maximum absolute atomic E-state index is 13.3. The molecule has 25 heavy (non-hydrogen) atoms. The normalized spacial score (nSPS) is 11.0. The summed E-state index contributed by atoms with van der Waals surface area (Å²) in [5.74, 6) is -1.52. The fourth-order valence-corrected chi connectivity index (χ4v) is 2.75. The van der Waals surface area contributed by atoms with E-state index in [4.69, 9.17) is 5.26 Å². The molecule has 0 N–H and O–H groups in total. The minimum Gasteiger partial charge on any atom is -0.468 e. The molecule has 0 atom stereocenters. The number of alkyl halides is 3. The van der Waals surface area contributed by atoms with Crippen molar-refractivity contribution in [1.82, 2.24) is 4.98 Å². The Morgan fingerprint density at radius 2 is 1.96 bits per heavy atom. The molecule has 0 fully saturated rings. The van der Waals surface area contributed by atoms with Gasteiger partial charge in [0.25, 0.3) is 0 Å². The molecule has 2 aromatic rings. The number of nitriles is 1. The number of thioether (sulfide) groups is 1. The zero-order valence-electron chi connectivity index (χ0n) is 12.7. The van der Waals surface area contributed by atoms with Crippen molar-refractivity contribution < 1.29 is 27.1 Å². The second kappa shape index (κ2) is 7.53. The van der Waals surface area contributed by atoms with Crippen LogP contribution < -0.4 is 0 Å². The highest BCUT2D eigenvalue weighted by molar-refractivity contribution is 7.99. The molecule has 0 aliphatic rings. The van der Waals surface area contributed by atoms with Gasteiger partial charge in [-0.25, -0.2) is 9.37 Å². The zero-order valence-corrected chi connectivity index (χ0v) is 13.5. The van der Waals surface area contributed by atoms with Crippen LogP contribution in [-0.4, -0.2) is 23.8 Å². The summed E-state index contributed by atoms with van der Waals surface area (Å²) < 4.78 is 57.4. The van der Waals surface area contributed by atoms with Gasteiger partial charge in [-0.05, 0) is 30.3 Å². The Hall–Kier alpha value is -2.60. The van der Waals surface area contributed by atoms with E-state index in [0.717, 1.165) is 25.3 Å². The van der Waals surface area contributed by atoms with Crippen molar-refractivity contribution in [2.24, 2.45) is 0 Å². The number of hydrogen-bond acceptors (Lipinski definition) is 5. The highest BCUT2D eigenvalue weighted by Gasteiger charge is 2.36. The molecule has 4 nitrogen and oxygen atoms in total. The van der Waals surface area contributed by atoms with Gasteiger partial charge in [-0.2, -0.15) is 18.4 Å². The molecule has 0 aliphatic carbocycles. The van der Waals surface area contributed by atoms with Crippen molar-refractivity contribution in [1.29, 1.82) is 5.26 Å². The van der Waals surface area contributed by atoms with Crippen molar-refractivity contribution in [3.8, 4) is 17.3 Å². The van der Waals surface area contributed by atoms with Crippen LogP contribution in [0, 0.1) is 17.1 Å². The van der Waals surface area contributed by atoms with Crippen molar-refractivity contribution in [3.63, 3.8) is 0 Å². The fraction of sp³-hybridized carbons (Fsp3) is 0.188. The van der Waals surface area contributed by atoms with E-state index in [2.05, 4.69) is 9.72 Å². The number of rotatable bonds is 4. The van der Waals surface area contributed by atoms with Crippen molar-refractivity contribution in [2.45, 2.75) is 11.2 Å². The molecule has 1 heterocycles. The molecule has 0 saturated heterocycles. The molecule has 0 unspecified atom stereocenters. The zero-order chi connectivity index (χ0) is 18.6. The summed E-state index contributed by atoms with van der Waals surface area (Å²) in [5.41, 5.74) is -1.68. The number of ether oxygens (including phenoxy) is 1. The lowest BCUT2D eigenvalue weighted by Gasteiger charge is -2.14. The van der Waals surface area contributed by atoms with Gasteiger partial charge >= 0.3 is 12.1 Å². The molecule has 0 saturated carbocycles. The first-order chi connectivity index (χ1) is 11.8. The third kappa shape index (κ3) is 4.48. The average molecular weight is 370 g/mol. The van der Waals surface area contributed by atoms with E-state index in [1.54, 1.807) is 0 Å². The topological polar surface area (TPSA) is 63.0 Å². The molecule has 0 bridgehead atoms. The van der Waals surface area contributed by atoms with E-state index in [0.29, 0.717) is 11.8 Å². The third-order valence-corrected chi connectivity index (χ3v) is 4.05. The number of hydrogen-bond donors (Lipinski definition) is 0. The summed E-state index contributed by atoms with van der Waals surface area (Å²) in [6.45, 7) is 0. The highest BCUT2D eigenvalue weighted by Crippen LogP contribution is 2.37. The van der Waals surface area contributed by atoms with Gasteiger partial charge in [-0.3, -0.25) is 4.79 Å². The number of esters is 1. The van der Waals surface area contributed by atoms with Gasteiger partial charge in [0.15, 0.2) is 0 Å². The first kappa shape index (κ1) is 18.7. The van der Waals surface area contributed by atoms with Crippen LogP contribution in [-0.2, 0) is 15.7 Å². The van der Waals surface area contributed by atoms with Crippen LogP contribution in [0.4, 0.5) is 17.6 Å². The van der Waals surface area contributed by atoms with E-state index >= 15 is 0 Å². The standard InChI is InChI=1S/C16H10F4N2O2S/c1-24-14(23)8-25-15-11(7-21)12(16(18,19)20)6-13(22-15)9-2-4-10(17)5-3-9/h2-6H,8H2,1H3. The van der Waals surface area contributed by atoms with Crippen LogP contribution in [0.2, 0.25) is 0 Å². The molecule has 9 heteroatoms. The Kier molecular flexibility index (Phi) is 5.64. The number of halogens is 4. The highest BCUT2D eigenvalue weighted by atomic mass is 32.2. The second-order valence-electron chi connectivity index (χ2n) is 4.72. The first-order valence-electron chi connectivity index (χ1n) is 6.74. The number of nitrogens with zero attached hydrogens (tertiary/aromatic N) is 2. The molecule has 1 aromatic carbocycles. The van der Waals surface area contributed by atoms with Gasteiger partial charge in [-0.15, -0.1) is 0 Å². The molecular weight excluding hydrogens is 360 g/mol. The van der Waals surface area contributed by atoms with E-state index in [1.165, 1.54) is 18.2 Å². The predicted octanol–water partition coefficient (Wildman–Crippen LogP) is 4.04. The molecule has 0 radical (unpaired) electrons. The quantitative estimate of drug-likeness (QED) is 0.462. The molecule has 0 spiro atoms. The first-order valence-corrected chi connectivity index (χ1v) is 7.72. The number of pyridine rings is 1. The average Bonchev–Trinajstić information content (AvgIpc) is 2.58. The Bertz CT molecular complexity index is 830. The Balaban J connectivity index is 2.59.